The van der Waals surface area contributed by atoms with Gasteiger partial charge in [-0.3, -0.25) is 4.79 Å². The van der Waals surface area contributed by atoms with Crippen molar-refractivity contribution < 1.29 is 14.3 Å². The van der Waals surface area contributed by atoms with Crippen LogP contribution >= 0.6 is 27.3 Å². The predicted molar refractivity (Wildman–Crippen MR) is 102 cm³/mol. The first-order valence-electron chi connectivity index (χ1n) is 8.25. The normalized spacial score (nSPS) is 18.7. The molecule has 1 unspecified atom stereocenters. The Morgan fingerprint density at radius 2 is 1.96 bits per heavy atom. The predicted octanol–water partition coefficient (Wildman–Crippen LogP) is 4.26. The van der Waals surface area contributed by atoms with Crippen molar-refractivity contribution in [3.63, 3.8) is 0 Å². The van der Waals surface area contributed by atoms with Gasteiger partial charge in [-0.05, 0) is 64.9 Å². The third kappa shape index (κ3) is 2.79. The van der Waals surface area contributed by atoms with Crippen LogP contribution < -0.4 is 20.1 Å². The first-order chi connectivity index (χ1) is 12.1. The molecule has 0 saturated carbocycles. The van der Waals surface area contributed by atoms with E-state index in [0.29, 0.717) is 11.5 Å². The quantitative estimate of drug-likeness (QED) is 0.775. The van der Waals surface area contributed by atoms with Gasteiger partial charge >= 0.3 is 0 Å². The van der Waals surface area contributed by atoms with Crippen LogP contribution in [0.5, 0.6) is 11.5 Å². The van der Waals surface area contributed by atoms with E-state index in [2.05, 4.69) is 26.6 Å². The summed E-state index contributed by atoms with van der Waals surface area (Å²) in [6.07, 6.45) is 4.16. The largest absolute Gasteiger partial charge is 0.493 e. The number of anilines is 1. The van der Waals surface area contributed by atoms with Crippen molar-refractivity contribution >= 4 is 38.2 Å². The number of hydrogen-bond acceptors (Lipinski definition) is 5. The fourth-order valence-electron chi connectivity index (χ4n) is 3.55. The topological polar surface area (TPSA) is 59.6 Å². The third-order valence-corrected chi connectivity index (χ3v) is 6.55. The highest BCUT2D eigenvalue weighted by atomic mass is 79.9. The van der Waals surface area contributed by atoms with Crippen LogP contribution in [-0.2, 0) is 12.8 Å². The van der Waals surface area contributed by atoms with Gasteiger partial charge in [0.05, 0.1) is 24.3 Å². The smallest absolute Gasteiger partial charge is 0.256 e. The molecule has 1 aliphatic heterocycles. The molecule has 1 atom stereocenters. The van der Waals surface area contributed by atoms with Gasteiger partial charge in [-0.25, -0.2) is 0 Å². The van der Waals surface area contributed by atoms with Gasteiger partial charge in [0.15, 0.2) is 11.5 Å². The number of amides is 1. The first-order valence-corrected chi connectivity index (χ1v) is 9.86. The molecular formula is C18H19BrN2O3S. The molecule has 2 aliphatic rings. The zero-order chi connectivity index (χ0) is 17.6. The second-order valence-corrected chi connectivity index (χ2v) is 8.16. The Balaban J connectivity index is 1.71. The number of halogens is 1. The molecule has 25 heavy (non-hydrogen) atoms. The minimum absolute atomic E-state index is 0.00376. The molecule has 0 radical (unpaired) electrons. The lowest BCUT2D eigenvalue weighted by molar-refractivity contribution is 0.0935. The average Bonchev–Trinajstić information content (AvgIpc) is 2.99. The van der Waals surface area contributed by atoms with Crippen molar-refractivity contribution in [3.8, 4) is 11.5 Å². The molecule has 132 valence electrons. The molecule has 2 heterocycles. The van der Waals surface area contributed by atoms with Crippen LogP contribution in [0.15, 0.2) is 16.6 Å². The van der Waals surface area contributed by atoms with E-state index in [9.17, 15) is 4.79 Å². The van der Waals surface area contributed by atoms with Crippen molar-refractivity contribution in [2.24, 2.45) is 0 Å². The number of methoxy groups -OCH3 is 2. The van der Waals surface area contributed by atoms with Crippen LogP contribution in [0.4, 0.5) is 5.00 Å². The van der Waals surface area contributed by atoms with E-state index in [1.165, 1.54) is 16.9 Å². The molecule has 4 rings (SSSR count). The minimum atomic E-state index is -0.295. The van der Waals surface area contributed by atoms with Crippen molar-refractivity contribution in [2.45, 2.75) is 31.8 Å². The average molecular weight is 423 g/mol. The maximum absolute atomic E-state index is 12.8. The number of thiophene rings is 1. The zero-order valence-electron chi connectivity index (χ0n) is 14.1. The molecule has 0 saturated heterocycles. The van der Waals surface area contributed by atoms with Crippen LogP contribution in [-0.4, -0.2) is 20.1 Å². The lowest BCUT2D eigenvalue weighted by Crippen LogP contribution is -2.38. The number of aryl methyl sites for hydroxylation is 1. The molecule has 1 aromatic carbocycles. The second kappa shape index (κ2) is 6.53. The Bertz CT molecular complexity index is 849. The maximum Gasteiger partial charge on any atom is 0.256 e. The van der Waals surface area contributed by atoms with Crippen LogP contribution in [0, 0.1) is 0 Å². The molecule has 0 spiro atoms. The Kier molecular flexibility index (Phi) is 4.37. The summed E-state index contributed by atoms with van der Waals surface area (Å²) in [6.45, 7) is 0. The fraction of sp³-hybridized carbons (Fsp3) is 0.389. The van der Waals surface area contributed by atoms with Gasteiger partial charge in [-0.15, -0.1) is 11.3 Å². The van der Waals surface area contributed by atoms with Crippen LogP contribution in [0.2, 0.25) is 0 Å². The lowest BCUT2D eigenvalue weighted by atomic mass is 9.94. The van der Waals surface area contributed by atoms with Crippen molar-refractivity contribution in [2.75, 3.05) is 19.5 Å². The molecule has 0 fully saturated rings. The molecule has 5 nitrogen and oxygen atoms in total. The number of hydrogen-bond donors (Lipinski definition) is 2. The summed E-state index contributed by atoms with van der Waals surface area (Å²) >= 11 is 5.24. The highest BCUT2D eigenvalue weighted by molar-refractivity contribution is 9.10. The maximum atomic E-state index is 12.8. The SMILES string of the molecule is COc1cc(C2NC(=O)c3c(sc4c3CCCC4)N2)cc(Br)c1OC. The van der Waals surface area contributed by atoms with Crippen LogP contribution in [0.3, 0.4) is 0 Å². The summed E-state index contributed by atoms with van der Waals surface area (Å²) in [5.41, 5.74) is 2.99. The van der Waals surface area contributed by atoms with E-state index in [0.717, 1.165) is 39.9 Å². The highest BCUT2D eigenvalue weighted by Gasteiger charge is 2.32. The van der Waals surface area contributed by atoms with E-state index in [4.69, 9.17) is 9.47 Å². The number of benzene rings is 1. The summed E-state index contributed by atoms with van der Waals surface area (Å²) in [4.78, 5) is 14.1. The summed E-state index contributed by atoms with van der Waals surface area (Å²) in [5, 5.41) is 7.55. The molecular weight excluding hydrogens is 404 g/mol. The summed E-state index contributed by atoms with van der Waals surface area (Å²) in [5.74, 6) is 1.27. The standard InChI is InChI=1S/C18H19BrN2O3S/c1-23-12-8-9(7-11(19)15(12)24-2)16-20-17(22)14-10-5-3-4-6-13(10)25-18(14)21-16/h7-8,16,21H,3-6H2,1-2H3,(H,20,22). The molecule has 7 heteroatoms. The van der Waals surface area contributed by atoms with Crippen molar-refractivity contribution in [3.05, 3.63) is 38.2 Å². The molecule has 1 aliphatic carbocycles. The van der Waals surface area contributed by atoms with Crippen molar-refractivity contribution in [1.29, 1.82) is 0 Å². The summed E-state index contributed by atoms with van der Waals surface area (Å²) < 4.78 is 11.6. The number of carbonyl (C=O) groups is 1. The van der Waals surface area contributed by atoms with Gasteiger partial charge in [0.1, 0.15) is 11.2 Å². The van der Waals surface area contributed by atoms with E-state index in [1.807, 2.05) is 12.1 Å². The number of nitrogens with one attached hydrogen (secondary N) is 2. The number of carbonyl (C=O) groups excluding carboxylic acids is 1. The summed E-state index contributed by atoms with van der Waals surface area (Å²) in [7, 11) is 3.21. The Morgan fingerprint density at radius 3 is 2.72 bits per heavy atom. The van der Waals surface area contributed by atoms with E-state index < -0.39 is 0 Å². The van der Waals surface area contributed by atoms with E-state index in [-0.39, 0.29) is 12.1 Å². The summed E-state index contributed by atoms with van der Waals surface area (Å²) in [6, 6.07) is 3.83. The van der Waals surface area contributed by atoms with E-state index in [1.54, 1.807) is 25.6 Å². The number of rotatable bonds is 3. The first kappa shape index (κ1) is 16.7. The van der Waals surface area contributed by atoms with Crippen LogP contribution in [0.25, 0.3) is 0 Å². The Labute approximate surface area is 158 Å². The lowest BCUT2D eigenvalue weighted by Gasteiger charge is -2.27. The van der Waals surface area contributed by atoms with Gasteiger partial charge in [-0.2, -0.15) is 0 Å². The molecule has 2 N–H and O–H groups in total. The van der Waals surface area contributed by atoms with Gasteiger partial charge in [0.2, 0.25) is 0 Å². The molecule has 2 aromatic rings. The van der Waals surface area contributed by atoms with E-state index >= 15 is 0 Å². The van der Waals surface area contributed by atoms with Crippen molar-refractivity contribution in [1.82, 2.24) is 5.32 Å². The highest BCUT2D eigenvalue weighted by Crippen LogP contribution is 2.43. The van der Waals surface area contributed by atoms with Crippen LogP contribution in [0.1, 0.15) is 45.4 Å². The monoisotopic (exact) mass is 422 g/mol. The third-order valence-electron chi connectivity index (χ3n) is 4.74. The zero-order valence-corrected chi connectivity index (χ0v) is 16.5. The minimum Gasteiger partial charge on any atom is -0.493 e. The molecule has 1 aromatic heterocycles. The second-order valence-electron chi connectivity index (χ2n) is 6.20. The Morgan fingerprint density at radius 1 is 1.16 bits per heavy atom. The number of fused-ring (bicyclic) bond motifs is 3. The molecule has 1 amide bonds. The Hall–Kier alpha value is -1.73. The van der Waals surface area contributed by atoms with Gasteiger partial charge < -0.3 is 20.1 Å². The van der Waals surface area contributed by atoms with Gasteiger partial charge in [0.25, 0.3) is 5.91 Å². The fourth-order valence-corrected chi connectivity index (χ4v) is 5.49. The number of ether oxygens (including phenoxy) is 2. The molecule has 0 bridgehead atoms. The van der Waals surface area contributed by atoms with Gasteiger partial charge in [-0.1, -0.05) is 0 Å². The van der Waals surface area contributed by atoms with Gasteiger partial charge in [0, 0.05) is 4.88 Å².